The van der Waals surface area contributed by atoms with Gasteiger partial charge in [-0.2, -0.15) is 0 Å². The Hall–Kier alpha value is -0.950. The first-order valence-corrected chi connectivity index (χ1v) is 8.74. The van der Waals surface area contributed by atoms with Crippen LogP contribution in [0, 0.1) is 6.92 Å². The number of halogens is 1. The van der Waals surface area contributed by atoms with Gasteiger partial charge in [-0.15, -0.1) is 11.3 Å². The lowest BCUT2D eigenvalue weighted by atomic mass is 10.2. The predicted octanol–water partition coefficient (Wildman–Crippen LogP) is 3.01. The Labute approximate surface area is 127 Å². The van der Waals surface area contributed by atoms with Crippen molar-refractivity contribution in [2.45, 2.75) is 31.2 Å². The summed E-state index contributed by atoms with van der Waals surface area (Å²) in [5.41, 5.74) is 0. The number of sulfonamides is 1. The highest BCUT2D eigenvalue weighted by Crippen LogP contribution is 2.18. The van der Waals surface area contributed by atoms with Crippen molar-refractivity contribution >= 4 is 33.0 Å². The van der Waals surface area contributed by atoms with E-state index < -0.39 is 10.0 Å². The third kappa shape index (κ3) is 4.02. The van der Waals surface area contributed by atoms with Gasteiger partial charge >= 0.3 is 0 Å². The summed E-state index contributed by atoms with van der Waals surface area (Å²) in [6.45, 7) is 3.87. The van der Waals surface area contributed by atoms with Gasteiger partial charge < -0.3 is 0 Å². The molecule has 2 aromatic rings. The van der Waals surface area contributed by atoms with E-state index in [0.29, 0.717) is 6.42 Å². The third-order valence-electron chi connectivity index (χ3n) is 2.67. The van der Waals surface area contributed by atoms with E-state index in [1.807, 2.05) is 26.0 Å². The van der Waals surface area contributed by atoms with Crippen LogP contribution in [0.1, 0.15) is 16.7 Å². The summed E-state index contributed by atoms with van der Waals surface area (Å²) in [5.74, 6) is 0. The topological polar surface area (TPSA) is 59.1 Å². The Kier molecular flexibility index (Phi) is 4.80. The molecule has 0 radical (unpaired) electrons. The highest BCUT2D eigenvalue weighted by Gasteiger charge is 2.18. The highest BCUT2D eigenvalue weighted by atomic mass is 35.5. The van der Waals surface area contributed by atoms with Gasteiger partial charge in [0, 0.05) is 22.0 Å². The minimum absolute atomic E-state index is 0.121. The van der Waals surface area contributed by atoms with E-state index in [0.717, 1.165) is 4.88 Å². The molecule has 0 aliphatic heterocycles. The number of hydrogen-bond donors (Lipinski definition) is 1. The van der Waals surface area contributed by atoms with Crippen LogP contribution in [0.3, 0.4) is 0 Å². The second-order valence-corrected chi connectivity index (χ2v) is 8.03. The molecule has 1 atom stereocenters. The van der Waals surface area contributed by atoms with Crippen LogP contribution >= 0.6 is 22.9 Å². The Morgan fingerprint density at radius 2 is 2.10 bits per heavy atom. The molecule has 2 heterocycles. The maximum Gasteiger partial charge on any atom is 0.242 e. The fraction of sp³-hybridized carbons (Fsp3) is 0.308. The van der Waals surface area contributed by atoms with E-state index in [4.69, 9.17) is 11.6 Å². The van der Waals surface area contributed by atoms with Crippen molar-refractivity contribution in [1.29, 1.82) is 0 Å². The fourth-order valence-corrected chi connectivity index (χ4v) is 4.11. The maximum absolute atomic E-state index is 12.2. The number of thiophene rings is 1. The average Bonchev–Trinajstić information content (AvgIpc) is 2.74. The molecule has 2 rings (SSSR count). The van der Waals surface area contributed by atoms with Gasteiger partial charge in [-0.1, -0.05) is 11.6 Å². The lowest BCUT2D eigenvalue weighted by Gasteiger charge is -2.13. The number of rotatable bonds is 5. The van der Waals surface area contributed by atoms with E-state index in [9.17, 15) is 8.42 Å². The number of aromatic nitrogens is 1. The van der Waals surface area contributed by atoms with Gasteiger partial charge in [0.2, 0.25) is 10.0 Å². The van der Waals surface area contributed by atoms with Crippen LogP contribution < -0.4 is 4.72 Å². The molecule has 0 aliphatic rings. The van der Waals surface area contributed by atoms with Crippen molar-refractivity contribution in [3.63, 3.8) is 0 Å². The molecule has 4 nitrogen and oxygen atoms in total. The highest BCUT2D eigenvalue weighted by molar-refractivity contribution is 7.89. The molecule has 20 heavy (non-hydrogen) atoms. The van der Waals surface area contributed by atoms with Crippen LogP contribution in [0.5, 0.6) is 0 Å². The fourth-order valence-electron chi connectivity index (χ4n) is 1.79. The van der Waals surface area contributed by atoms with Crippen molar-refractivity contribution in [3.8, 4) is 0 Å². The van der Waals surface area contributed by atoms with Crippen molar-refractivity contribution in [2.75, 3.05) is 0 Å². The second kappa shape index (κ2) is 6.22. The first-order valence-electron chi connectivity index (χ1n) is 6.06. The van der Waals surface area contributed by atoms with Gasteiger partial charge in [-0.05, 0) is 44.5 Å². The number of nitrogens with one attached hydrogen (secondary N) is 1. The largest absolute Gasteiger partial charge is 0.243 e. The smallest absolute Gasteiger partial charge is 0.242 e. The summed E-state index contributed by atoms with van der Waals surface area (Å²) in [5, 5.41) is 0.269. The van der Waals surface area contributed by atoms with E-state index in [1.54, 1.807) is 11.3 Å². The summed E-state index contributed by atoms with van der Waals surface area (Å²) in [6, 6.07) is 6.77. The van der Waals surface area contributed by atoms with Gasteiger partial charge in [0.25, 0.3) is 0 Å². The zero-order chi connectivity index (χ0) is 14.8. The van der Waals surface area contributed by atoms with Crippen LogP contribution in [0.15, 0.2) is 35.4 Å². The van der Waals surface area contributed by atoms with E-state index in [2.05, 4.69) is 9.71 Å². The van der Waals surface area contributed by atoms with E-state index in [1.165, 1.54) is 23.2 Å². The molecule has 0 saturated heterocycles. The lowest BCUT2D eigenvalue weighted by Crippen LogP contribution is -2.33. The molecule has 7 heteroatoms. The van der Waals surface area contributed by atoms with Gasteiger partial charge in [0.05, 0.1) is 0 Å². The Morgan fingerprint density at radius 3 is 2.65 bits per heavy atom. The molecule has 0 saturated carbocycles. The number of aryl methyl sites for hydroxylation is 1. The van der Waals surface area contributed by atoms with Crippen LogP contribution in [0.25, 0.3) is 0 Å². The molecule has 2 aromatic heterocycles. The zero-order valence-corrected chi connectivity index (χ0v) is 13.5. The molecular weight excluding hydrogens is 316 g/mol. The molecular formula is C13H15ClN2O2S2. The minimum atomic E-state index is -3.56. The summed E-state index contributed by atoms with van der Waals surface area (Å²) >= 11 is 7.33. The first-order chi connectivity index (χ1) is 9.37. The van der Waals surface area contributed by atoms with Gasteiger partial charge in [0.15, 0.2) is 0 Å². The molecule has 108 valence electrons. The van der Waals surface area contributed by atoms with Crippen LogP contribution in [0.2, 0.25) is 5.15 Å². The Bertz CT molecular complexity index is 681. The van der Waals surface area contributed by atoms with Crippen LogP contribution in [-0.4, -0.2) is 19.4 Å². The van der Waals surface area contributed by atoms with Gasteiger partial charge in [-0.3, -0.25) is 0 Å². The lowest BCUT2D eigenvalue weighted by molar-refractivity contribution is 0.560. The quantitative estimate of drug-likeness (QED) is 0.857. The molecule has 0 amide bonds. The number of hydrogen-bond acceptors (Lipinski definition) is 4. The summed E-state index contributed by atoms with van der Waals surface area (Å²) in [4.78, 5) is 6.29. The normalized spacial score (nSPS) is 13.3. The minimum Gasteiger partial charge on any atom is -0.243 e. The standard InChI is InChI=1S/C13H15ClN2O2S2/c1-9(7-11-4-3-10(2)19-11)16-20(17,18)12-5-6-13(14)15-8-12/h3-6,8-9,16H,7H2,1-2H3. The molecule has 1 N–H and O–H groups in total. The zero-order valence-electron chi connectivity index (χ0n) is 11.1. The van der Waals surface area contributed by atoms with Gasteiger partial charge in [-0.25, -0.2) is 18.1 Å². The van der Waals surface area contributed by atoms with E-state index in [-0.39, 0.29) is 16.1 Å². The molecule has 0 fully saturated rings. The van der Waals surface area contributed by atoms with Crippen LogP contribution in [-0.2, 0) is 16.4 Å². The third-order valence-corrected chi connectivity index (χ3v) is 5.49. The molecule has 0 bridgehead atoms. The van der Waals surface area contributed by atoms with Crippen molar-refractivity contribution < 1.29 is 8.42 Å². The molecule has 0 spiro atoms. The number of pyridine rings is 1. The first kappa shape index (κ1) is 15.4. The summed E-state index contributed by atoms with van der Waals surface area (Å²) in [6.07, 6.45) is 1.92. The monoisotopic (exact) mass is 330 g/mol. The van der Waals surface area contributed by atoms with E-state index >= 15 is 0 Å². The van der Waals surface area contributed by atoms with Gasteiger partial charge in [0.1, 0.15) is 10.0 Å². The summed E-state index contributed by atoms with van der Waals surface area (Å²) in [7, 11) is -3.56. The second-order valence-electron chi connectivity index (χ2n) is 4.56. The number of nitrogens with zero attached hydrogens (tertiary/aromatic N) is 1. The Balaban J connectivity index is 2.06. The van der Waals surface area contributed by atoms with Crippen molar-refractivity contribution in [3.05, 3.63) is 45.4 Å². The average molecular weight is 331 g/mol. The predicted molar refractivity (Wildman–Crippen MR) is 81.8 cm³/mol. The van der Waals surface area contributed by atoms with Crippen molar-refractivity contribution in [1.82, 2.24) is 9.71 Å². The summed E-state index contributed by atoms with van der Waals surface area (Å²) < 4.78 is 27.0. The molecule has 0 aliphatic carbocycles. The Morgan fingerprint density at radius 1 is 1.35 bits per heavy atom. The van der Waals surface area contributed by atoms with Crippen molar-refractivity contribution in [2.24, 2.45) is 0 Å². The maximum atomic E-state index is 12.2. The molecule has 1 unspecified atom stereocenters. The molecule has 0 aromatic carbocycles. The SMILES string of the molecule is Cc1ccc(CC(C)NS(=O)(=O)c2ccc(Cl)nc2)s1. The van der Waals surface area contributed by atoms with Crippen LogP contribution in [0.4, 0.5) is 0 Å².